The van der Waals surface area contributed by atoms with E-state index in [4.69, 9.17) is 9.47 Å². The van der Waals surface area contributed by atoms with Crippen molar-refractivity contribution in [3.05, 3.63) is 77.4 Å². The first-order chi connectivity index (χ1) is 16.0. The Morgan fingerprint density at radius 3 is 2.70 bits per heavy atom. The van der Waals surface area contributed by atoms with Crippen LogP contribution < -0.4 is 9.47 Å². The fraction of sp³-hybridized carbons (Fsp3) is 0.276. The molecular weight excluding hydrogens is 412 g/mol. The zero-order valence-electron chi connectivity index (χ0n) is 18.9. The molecule has 1 fully saturated rings. The van der Waals surface area contributed by atoms with Gasteiger partial charge in [0, 0.05) is 21.9 Å². The number of benzene rings is 4. The largest absolute Gasteiger partial charge is 0.519 e. The summed E-state index contributed by atoms with van der Waals surface area (Å²) in [4.78, 5) is 13.0. The lowest BCUT2D eigenvalue weighted by Gasteiger charge is -2.28. The number of carbonyl (C=O) groups is 1. The van der Waals surface area contributed by atoms with Crippen LogP contribution >= 0.6 is 0 Å². The van der Waals surface area contributed by atoms with Gasteiger partial charge in [-0.05, 0) is 65.5 Å². The molecule has 2 aliphatic rings. The van der Waals surface area contributed by atoms with Gasteiger partial charge in [0.1, 0.15) is 17.2 Å². The van der Waals surface area contributed by atoms with Crippen LogP contribution in [0.3, 0.4) is 0 Å². The summed E-state index contributed by atoms with van der Waals surface area (Å²) in [5, 5.41) is 14.9. The van der Waals surface area contributed by atoms with E-state index < -0.39 is 6.16 Å². The lowest BCUT2D eigenvalue weighted by Crippen LogP contribution is -2.19. The number of phenols is 1. The number of ether oxygens (including phenoxy) is 2. The molecule has 0 amide bonds. The second-order valence-corrected chi connectivity index (χ2v) is 9.62. The molecule has 0 saturated heterocycles. The topological polar surface area (TPSA) is 55.8 Å². The van der Waals surface area contributed by atoms with Crippen molar-refractivity contribution in [2.24, 2.45) is 0 Å². The van der Waals surface area contributed by atoms with Crippen LogP contribution in [0.4, 0.5) is 4.79 Å². The minimum absolute atomic E-state index is 0.0825. The van der Waals surface area contributed by atoms with Gasteiger partial charge in [0.05, 0.1) is 0 Å². The molecule has 4 nitrogen and oxygen atoms in total. The first-order valence-corrected chi connectivity index (χ1v) is 11.7. The van der Waals surface area contributed by atoms with Gasteiger partial charge >= 0.3 is 6.16 Å². The summed E-state index contributed by atoms with van der Waals surface area (Å²) in [6.07, 6.45) is 3.08. The maximum atomic E-state index is 13.0. The molecule has 2 unspecified atom stereocenters. The lowest BCUT2D eigenvalue weighted by molar-refractivity contribution is 0.152. The molecule has 2 atom stereocenters. The van der Waals surface area contributed by atoms with E-state index in [1.165, 1.54) is 0 Å². The predicted molar refractivity (Wildman–Crippen MR) is 130 cm³/mol. The van der Waals surface area contributed by atoms with Crippen molar-refractivity contribution >= 4 is 27.7 Å². The normalized spacial score (nSPS) is 20.8. The van der Waals surface area contributed by atoms with Gasteiger partial charge in [-0.25, -0.2) is 4.79 Å². The van der Waals surface area contributed by atoms with Crippen molar-refractivity contribution in [1.82, 2.24) is 0 Å². The molecule has 33 heavy (non-hydrogen) atoms. The first kappa shape index (κ1) is 20.1. The SMILES string of the molecule is CCc1cccc2c(O)c3c(c(OC(=O)Oc4ccc5ccccc5c4)c12)C1CCC3(C)C1. The second kappa shape index (κ2) is 7.24. The molecule has 2 bridgehead atoms. The molecule has 0 heterocycles. The van der Waals surface area contributed by atoms with Gasteiger partial charge in [0.2, 0.25) is 0 Å². The van der Waals surface area contributed by atoms with E-state index in [1.54, 1.807) is 6.07 Å². The van der Waals surface area contributed by atoms with E-state index in [1.807, 2.05) is 54.6 Å². The van der Waals surface area contributed by atoms with Gasteiger partial charge in [-0.2, -0.15) is 0 Å². The van der Waals surface area contributed by atoms with Gasteiger partial charge in [-0.3, -0.25) is 0 Å². The fourth-order valence-electron chi connectivity index (χ4n) is 6.12. The van der Waals surface area contributed by atoms with Crippen molar-refractivity contribution in [1.29, 1.82) is 0 Å². The molecule has 0 radical (unpaired) electrons. The second-order valence-electron chi connectivity index (χ2n) is 9.62. The van der Waals surface area contributed by atoms with Crippen molar-refractivity contribution in [3.8, 4) is 17.2 Å². The number of fused-ring (bicyclic) bond motifs is 7. The zero-order chi connectivity index (χ0) is 22.7. The number of aromatic hydroxyl groups is 1. The minimum Gasteiger partial charge on any atom is -0.507 e. The Kier molecular flexibility index (Phi) is 4.41. The van der Waals surface area contributed by atoms with Gasteiger partial charge in [-0.15, -0.1) is 0 Å². The van der Waals surface area contributed by atoms with Crippen LogP contribution in [0.25, 0.3) is 21.5 Å². The Hall–Kier alpha value is -3.53. The minimum atomic E-state index is -0.752. The molecule has 0 aliphatic heterocycles. The van der Waals surface area contributed by atoms with Crippen LogP contribution in [-0.2, 0) is 11.8 Å². The maximum Gasteiger partial charge on any atom is 0.519 e. The molecule has 6 rings (SSSR count). The van der Waals surface area contributed by atoms with E-state index in [9.17, 15) is 9.90 Å². The molecular formula is C29H26O4. The molecule has 4 aromatic rings. The Morgan fingerprint density at radius 1 is 1.06 bits per heavy atom. The lowest BCUT2D eigenvalue weighted by atomic mass is 9.78. The van der Waals surface area contributed by atoms with Crippen LogP contribution in [-0.4, -0.2) is 11.3 Å². The molecule has 1 saturated carbocycles. The fourth-order valence-corrected chi connectivity index (χ4v) is 6.12. The smallest absolute Gasteiger partial charge is 0.507 e. The number of aryl methyl sites for hydroxylation is 1. The summed E-state index contributed by atoms with van der Waals surface area (Å²) in [6, 6.07) is 19.4. The quantitative estimate of drug-likeness (QED) is 0.268. The molecule has 166 valence electrons. The highest BCUT2D eigenvalue weighted by Crippen LogP contribution is 2.64. The third kappa shape index (κ3) is 3.01. The third-order valence-electron chi connectivity index (χ3n) is 7.63. The number of hydrogen-bond donors (Lipinski definition) is 1. The van der Waals surface area contributed by atoms with Crippen molar-refractivity contribution in [2.45, 2.75) is 50.9 Å². The highest BCUT2D eigenvalue weighted by Gasteiger charge is 2.50. The zero-order valence-corrected chi connectivity index (χ0v) is 18.9. The first-order valence-electron chi connectivity index (χ1n) is 11.7. The van der Waals surface area contributed by atoms with Crippen LogP contribution in [0.2, 0.25) is 0 Å². The standard InChI is InChI=1S/C29H26O4/c1-3-17-9-6-10-22-23(17)27(24-20-13-14-29(2,16-20)25(24)26(22)30)33-28(31)32-21-12-11-18-7-4-5-8-19(18)15-21/h4-12,15,20,30H,3,13-14,16H2,1-2H3. The molecule has 0 spiro atoms. The van der Waals surface area contributed by atoms with Gasteiger partial charge in [0.25, 0.3) is 0 Å². The summed E-state index contributed by atoms with van der Waals surface area (Å²) < 4.78 is 11.6. The average Bonchev–Trinajstić information content (AvgIpc) is 3.35. The molecule has 2 aliphatic carbocycles. The van der Waals surface area contributed by atoms with E-state index in [0.717, 1.165) is 63.9 Å². The third-order valence-corrected chi connectivity index (χ3v) is 7.63. The van der Waals surface area contributed by atoms with E-state index >= 15 is 0 Å². The monoisotopic (exact) mass is 438 g/mol. The van der Waals surface area contributed by atoms with Gasteiger partial charge < -0.3 is 14.6 Å². The van der Waals surface area contributed by atoms with Crippen molar-refractivity contribution in [2.75, 3.05) is 0 Å². The number of carbonyl (C=O) groups excluding carboxylic acids is 1. The van der Waals surface area contributed by atoms with Crippen molar-refractivity contribution < 1.29 is 19.4 Å². The summed E-state index contributed by atoms with van der Waals surface area (Å²) in [5.41, 5.74) is 2.91. The number of rotatable bonds is 3. The maximum absolute atomic E-state index is 13.0. The summed E-state index contributed by atoms with van der Waals surface area (Å²) >= 11 is 0. The van der Waals surface area contributed by atoms with E-state index in [0.29, 0.717) is 17.2 Å². The predicted octanol–water partition coefficient (Wildman–Crippen LogP) is 7.38. The number of phenolic OH excluding ortho intramolecular Hbond substituents is 1. The average molecular weight is 439 g/mol. The molecule has 4 aromatic carbocycles. The van der Waals surface area contributed by atoms with Crippen molar-refractivity contribution in [3.63, 3.8) is 0 Å². The van der Waals surface area contributed by atoms with Gasteiger partial charge in [-0.1, -0.05) is 62.4 Å². The van der Waals surface area contributed by atoms with E-state index in [-0.39, 0.29) is 11.3 Å². The summed E-state index contributed by atoms with van der Waals surface area (Å²) in [6.45, 7) is 4.29. The van der Waals surface area contributed by atoms with Gasteiger partial charge in [0.15, 0.2) is 0 Å². The Balaban J connectivity index is 1.45. The van der Waals surface area contributed by atoms with Crippen LogP contribution in [0.1, 0.15) is 55.7 Å². The molecule has 0 aromatic heterocycles. The summed E-state index contributed by atoms with van der Waals surface area (Å²) in [5.74, 6) is 1.64. The van der Waals surface area contributed by atoms with Crippen LogP contribution in [0, 0.1) is 0 Å². The Morgan fingerprint density at radius 2 is 1.88 bits per heavy atom. The Bertz CT molecular complexity index is 1440. The van der Waals surface area contributed by atoms with E-state index in [2.05, 4.69) is 13.8 Å². The van der Waals surface area contributed by atoms with Crippen LogP contribution in [0.15, 0.2) is 60.7 Å². The Labute approximate surface area is 192 Å². The number of hydrogen-bond acceptors (Lipinski definition) is 4. The van der Waals surface area contributed by atoms with Crippen LogP contribution in [0.5, 0.6) is 17.2 Å². The highest BCUT2D eigenvalue weighted by atomic mass is 16.7. The molecule has 1 N–H and O–H groups in total. The summed E-state index contributed by atoms with van der Waals surface area (Å²) in [7, 11) is 0. The molecule has 4 heteroatoms. The highest BCUT2D eigenvalue weighted by molar-refractivity contribution is 6.00.